The van der Waals surface area contributed by atoms with Crippen LogP contribution in [0.15, 0.2) is 65.6 Å². The Morgan fingerprint density at radius 1 is 1.15 bits per heavy atom. The van der Waals surface area contributed by atoms with Crippen LogP contribution in [0.2, 0.25) is 6.82 Å². The third kappa shape index (κ3) is 4.26. The molecule has 1 heterocycles. The van der Waals surface area contributed by atoms with Crippen LogP contribution in [0.4, 0.5) is 15.8 Å². The summed E-state index contributed by atoms with van der Waals surface area (Å²) in [5.74, 6) is -1.70. The normalized spacial score (nSPS) is 10.4. The number of hydrogen-bond donors (Lipinski definition) is 2. The Morgan fingerprint density at radius 2 is 1.89 bits per heavy atom. The molecule has 2 aromatic carbocycles. The van der Waals surface area contributed by atoms with Crippen LogP contribution in [0, 0.1) is 5.82 Å². The highest BCUT2D eigenvalue weighted by Gasteiger charge is 2.15. The number of carboxylic acid groups (broad SMARTS) is 1. The molecule has 7 heteroatoms. The van der Waals surface area contributed by atoms with Gasteiger partial charge < -0.3 is 15.0 Å². The van der Waals surface area contributed by atoms with E-state index in [4.69, 9.17) is 0 Å². The standard InChI is InChI=1S/C20H18BFN2O3/c1-21-14-7-8-17(16(22)9-14)23-18-10-19(25)24(12-15(18)20(26)27)11-13-5-3-2-4-6-13/h2-10,12,21,23H,11H2,1H3,(H,26,27). The number of aromatic carboxylic acids is 1. The minimum atomic E-state index is -1.20. The lowest BCUT2D eigenvalue weighted by Gasteiger charge is -2.14. The number of benzene rings is 2. The SMILES string of the molecule is CBc1ccc(Nc2cc(=O)n(Cc3ccccc3)cc2C(=O)O)c(F)c1. The van der Waals surface area contributed by atoms with Gasteiger partial charge in [-0.15, -0.1) is 0 Å². The highest BCUT2D eigenvalue weighted by Crippen LogP contribution is 2.21. The summed E-state index contributed by atoms with van der Waals surface area (Å²) in [6.45, 7) is 2.16. The predicted molar refractivity (Wildman–Crippen MR) is 106 cm³/mol. The molecule has 0 atom stereocenters. The lowest BCUT2D eigenvalue weighted by Crippen LogP contribution is -2.22. The monoisotopic (exact) mass is 364 g/mol. The Balaban J connectivity index is 1.97. The Morgan fingerprint density at radius 3 is 2.52 bits per heavy atom. The number of aromatic nitrogens is 1. The van der Waals surface area contributed by atoms with Crippen molar-refractivity contribution >= 4 is 30.1 Å². The first-order chi connectivity index (χ1) is 13.0. The number of rotatable bonds is 6. The molecule has 0 unspecified atom stereocenters. The van der Waals surface area contributed by atoms with Crippen molar-refractivity contribution in [2.45, 2.75) is 13.4 Å². The van der Waals surface area contributed by atoms with Crippen molar-refractivity contribution in [3.05, 3.63) is 88.1 Å². The van der Waals surface area contributed by atoms with E-state index in [-0.39, 0.29) is 29.0 Å². The average molecular weight is 364 g/mol. The topological polar surface area (TPSA) is 71.3 Å². The van der Waals surface area contributed by atoms with Gasteiger partial charge >= 0.3 is 5.97 Å². The summed E-state index contributed by atoms with van der Waals surface area (Å²) < 4.78 is 15.5. The zero-order valence-electron chi connectivity index (χ0n) is 14.8. The third-order valence-electron chi connectivity index (χ3n) is 4.26. The summed E-state index contributed by atoms with van der Waals surface area (Å²) in [6, 6.07) is 15.1. The molecule has 0 saturated heterocycles. The van der Waals surface area contributed by atoms with Crippen LogP contribution in [-0.2, 0) is 6.54 Å². The molecule has 0 aliphatic carbocycles. The number of nitrogens with one attached hydrogen (secondary N) is 1. The van der Waals surface area contributed by atoms with E-state index >= 15 is 0 Å². The molecule has 0 amide bonds. The molecular weight excluding hydrogens is 346 g/mol. The van der Waals surface area contributed by atoms with E-state index in [2.05, 4.69) is 5.32 Å². The smallest absolute Gasteiger partial charge is 0.339 e. The Labute approximate surface area is 156 Å². The first-order valence-corrected chi connectivity index (χ1v) is 8.55. The summed E-state index contributed by atoms with van der Waals surface area (Å²) in [6.07, 6.45) is 1.28. The largest absolute Gasteiger partial charge is 0.478 e. The summed E-state index contributed by atoms with van der Waals surface area (Å²) in [5.41, 5.74) is 1.39. The zero-order valence-corrected chi connectivity index (χ0v) is 14.8. The minimum absolute atomic E-state index is 0.0555. The van der Waals surface area contributed by atoms with E-state index in [0.717, 1.165) is 11.0 Å². The van der Waals surface area contributed by atoms with Gasteiger partial charge in [-0.25, -0.2) is 9.18 Å². The van der Waals surface area contributed by atoms with Gasteiger partial charge in [-0.05, 0) is 17.7 Å². The lowest BCUT2D eigenvalue weighted by molar-refractivity contribution is 0.0697. The highest BCUT2D eigenvalue weighted by molar-refractivity contribution is 6.51. The predicted octanol–water partition coefficient (Wildman–Crippen LogP) is 2.59. The maximum absolute atomic E-state index is 14.2. The van der Waals surface area contributed by atoms with Gasteiger partial charge in [0.2, 0.25) is 0 Å². The first kappa shape index (κ1) is 18.4. The van der Waals surface area contributed by atoms with Crippen molar-refractivity contribution in [3.8, 4) is 0 Å². The van der Waals surface area contributed by atoms with Crippen LogP contribution in [0.3, 0.4) is 0 Å². The second kappa shape index (κ2) is 7.91. The summed E-state index contributed by atoms with van der Waals surface area (Å²) in [5, 5.41) is 12.3. The molecule has 2 N–H and O–H groups in total. The molecule has 3 aromatic rings. The third-order valence-corrected chi connectivity index (χ3v) is 4.26. The molecule has 0 saturated carbocycles. The van der Waals surface area contributed by atoms with Gasteiger partial charge in [-0.1, -0.05) is 48.7 Å². The van der Waals surface area contributed by atoms with Crippen LogP contribution in [-0.4, -0.2) is 22.9 Å². The molecule has 136 valence electrons. The van der Waals surface area contributed by atoms with Crippen molar-refractivity contribution < 1.29 is 14.3 Å². The Hall–Kier alpha value is -3.35. The van der Waals surface area contributed by atoms with Crippen molar-refractivity contribution in [1.82, 2.24) is 4.57 Å². The fourth-order valence-electron chi connectivity index (χ4n) is 2.78. The van der Waals surface area contributed by atoms with Crippen molar-refractivity contribution in [2.75, 3.05) is 5.32 Å². The van der Waals surface area contributed by atoms with Crippen molar-refractivity contribution in [2.24, 2.45) is 0 Å². The lowest BCUT2D eigenvalue weighted by atomic mass is 9.73. The molecule has 0 fully saturated rings. The van der Waals surface area contributed by atoms with E-state index < -0.39 is 11.8 Å². The molecule has 0 aliphatic heterocycles. The van der Waals surface area contributed by atoms with E-state index in [1.807, 2.05) is 37.2 Å². The van der Waals surface area contributed by atoms with Gasteiger partial charge in [-0.3, -0.25) is 4.79 Å². The zero-order chi connectivity index (χ0) is 19.4. The molecule has 0 aliphatic rings. The number of hydrogen-bond acceptors (Lipinski definition) is 3. The maximum atomic E-state index is 14.2. The van der Waals surface area contributed by atoms with Gasteiger partial charge in [0, 0.05) is 12.3 Å². The summed E-state index contributed by atoms with van der Waals surface area (Å²) >= 11 is 0. The molecular formula is C20H18BFN2O3. The first-order valence-electron chi connectivity index (χ1n) is 8.55. The number of nitrogens with zero attached hydrogens (tertiary/aromatic N) is 1. The number of carboxylic acids is 1. The molecule has 0 spiro atoms. The van der Waals surface area contributed by atoms with Crippen LogP contribution >= 0.6 is 0 Å². The number of carbonyl (C=O) groups is 1. The van der Waals surface area contributed by atoms with E-state index in [1.54, 1.807) is 6.07 Å². The summed E-state index contributed by atoms with van der Waals surface area (Å²) in [4.78, 5) is 24.1. The van der Waals surface area contributed by atoms with Crippen LogP contribution < -0.4 is 16.3 Å². The molecule has 27 heavy (non-hydrogen) atoms. The minimum Gasteiger partial charge on any atom is -0.478 e. The van der Waals surface area contributed by atoms with Crippen molar-refractivity contribution in [1.29, 1.82) is 0 Å². The maximum Gasteiger partial charge on any atom is 0.339 e. The van der Waals surface area contributed by atoms with Gasteiger partial charge in [0.25, 0.3) is 5.56 Å². The van der Waals surface area contributed by atoms with Crippen LogP contribution in [0.25, 0.3) is 0 Å². The summed E-state index contributed by atoms with van der Waals surface area (Å²) in [7, 11) is 0.688. The van der Waals surface area contributed by atoms with Gasteiger partial charge in [0.05, 0.1) is 23.5 Å². The number of pyridine rings is 1. The Bertz CT molecular complexity index is 1040. The molecule has 1 aromatic heterocycles. The van der Waals surface area contributed by atoms with Gasteiger partial charge in [0.15, 0.2) is 7.28 Å². The number of halogens is 1. The second-order valence-corrected chi connectivity index (χ2v) is 6.15. The van der Waals surface area contributed by atoms with Crippen LogP contribution in [0.5, 0.6) is 0 Å². The number of anilines is 2. The van der Waals surface area contributed by atoms with Gasteiger partial charge in [0.1, 0.15) is 5.82 Å². The Kier molecular flexibility index (Phi) is 5.40. The van der Waals surface area contributed by atoms with Crippen LogP contribution in [0.1, 0.15) is 15.9 Å². The van der Waals surface area contributed by atoms with E-state index in [1.165, 1.54) is 29.0 Å². The average Bonchev–Trinajstić information content (AvgIpc) is 2.66. The molecule has 0 radical (unpaired) electrons. The van der Waals surface area contributed by atoms with E-state index in [9.17, 15) is 19.1 Å². The fourth-order valence-corrected chi connectivity index (χ4v) is 2.78. The highest BCUT2D eigenvalue weighted by atomic mass is 19.1. The van der Waals surface area contributed by atoms with E-state index in [0.29, 0.717) is 7.28 Å². The van der Waals surface area contributed by atoms with Crippen molar-refractivity contribution in [3.63, 3.8) is 0 Å². The second-order valence-electron chi connectivity index (χ2n) is 6.15. The molecule has 5 nitrogen and oxygen atoms in total. The van der Waals surface area contributed by atoms with Gasteiger partial charge in [-0.2, -0.15) is 0 Å². The quantitative estimate of drug-likeness (QED) is 0.660. The fraction of sp³-hybridized carbons (Fsp3) is 0.100. The molecule has 0 bridgehead atoms. The molecule has 3 rings (SSSR count).